The number of rotatable bonds is 10. The summed E-state index contributed by atoms with van der Waals surface area (Å²) in [5, 5.41) is 23.0. The molecule has 0 fully saturated rings. The number of hydrogen-bond donors (Lipinski definition) is 5. The molecule has 1 atom stereocenters. The van der Waals surface area contributed by atoms with Crippen LogP contribution in [0.4, 0.5) is 4.79 Å². The fourth-order valence-corrected chi connectivity index (χ4v) is 7.95. The van der Waals surface area contributed by atoms with Crippen molar-refractivity contribution in [3.63, 3.8) is 0 Å². The number of alkyl carbamates (subject to hydrolysis) is 1. The highest BCUT2D eigenvalue weighted by Gasteiger charge is 2.37. The zero-order valence-electron chi connectivity index (χ0n) is 26.6. The maximum absolute atomic E-state index is 13.4. The zero-order chi connectivity index (χ0) is 33.4. The van der Waals surface area contributed by atoms with Crippen molar-refractivity contribution in [1.29, 1.82) is 5.41 Å². The monoisotopic (exact) mass is 648 g/mol. The average molecular weight is 649 g/mol. The lowest BCUT2D eigenvalue weighted by Crippen LogP contribution is -2.43. The number of nitrogens with one attached hydrogen (secondary N) is 4. The maximum atomic E-state index is 13.4. The molecule has 3 aromatic rings. The van der Waals surface area contributed by atoms with Gasteiger partial charge in [0.25, 0.3) is 10.0 Å². The molecule has 46 heavy (non-hydrogen) atoms. The van der Waals surface area contributed by atoms with Crippen LogP contribution in [-0.4, -0.2) is 56.3 Å². The maximum Gasteiger partial charge on any atom is 0.407 e. The molecule has 11 nitrogen and oxygen atoms in total. The van der Waals surface area contributed by atoms with Crippen molar-refractivity contribution in [2.45, 2.75) is 76.3 Å². The number of guanidine groups is 1. The number of carboxylic acids is 1. The molecule has 0 spiro atoms. The first-order valence-electron chi connectivity index (χ1n) is 15.2. The molecule has 5 rings (SSSR count). The second-order valence-electron chi connectivity index (χ2n) is 12.5. The van der Waals surface area contributed by atoms with Gasteiger partial charge in [-0.25, -0.2) is 22.7 Å². The smallest absolute Gasteiger partial charge is 0.407 e. The van der Waals surface area contributed by atoms with Gasteiger partial charge in [0.2, 0.25) is 5.96 Å². The van der Waals surface area contributed by atoms with Gasteiger partial charge in [-0.1, -0.05) is 48.5 Å². The number of carboxylic acid groups (broad SMARTS) is 1. The Labute approximate surface area is 269 Å². The molecular weight excluding hydrogens is 608 g/mol. The number of sulfonamides is 1. The van der Waals surface area contributed by atoms with E-state index in [1.54, 1.807) is 13.8 Å². The van der Waals surface area contributed by atoms with Crippen molar-refractivity contribution >= 4 is 28.0 Å². The summed E-state index contributed by atoms with van der Waals surface area (Å²) in [6.45, 7) is 9.35. The van der Waals surface area contributed by atoms with E-state index in [2.05, 4.69) is 15.4 Å². The van der Waals surface area contributed by atoms with E-state index in [9.17, 15) is 23.1 Å². The number of fused-ring (bicyclic) bond motifs is 4. The van der Waals surface area contributed by atoms with Crippen LogP contribution in [0.1, 0.15) is 66.0 Å². The predicted molar refractivity (Wildman–Crippen MR) is 174 cm³/mol. The normalized spacial score (nSPS) is 15.2. The van der Waals surface area contributed by atoms with E-state index in [0.717, 1.165) is 33.4 Å². The van der Waals surface area contributed by atoms with Crippen LogP contribution in [0.5, 0.6) is 5.75 Å². The number of hydrogen-bond acceptors (Lipinski definition) is 7. The summed E-state index contributed by atoms with van der Waals surface area (Å²) in [5.74, 6) is -1.11. The van der Waals surface area contributed by atoms with Gasteiger partial charge in [0.15, 0.2) is 0 Å². The molecule has 3 aromatic carbocycles. The lowest BCUT2D eigenvalue weighted by Gasteiger charge is -2.20. The van der Waals surface area contributed by atoms with E-state index in [1.165, 1.54) is 0 Å². The third kappa shape index (κ3) is 6.53. The van der Waals surface area contributed by atoms with Gasteiger partial charge < -0.3 is 25.2 Å². The van der Waals surface area contributed by atoms with Crippen LogP contribution >= 0.6 is 0 Å². The summed E-state index contributed by atoms with van der Waals surface area (Å²) >= 11 is 0. The quantitative estimate of drug-likeness (QED) is 0.118. The SMILES string of the molecule is Cc1c(C)c(S(=O)(=O)NC(=N)NCCCC(NC(=O)OCC2c3ccccc3-c3ccccc32)C(=O)O)c(C)c2c1OC(C)(C)C2. The van der Waals surface area contributed by atoms with Gasteiger partial charge in [-0.15, -0.1) is 0 Å². The molecule has 0 bridgehead atoms. The number of ether oxygens (including phenoxy) is 2. The first-order valence-corrected chi connectivity index (χ1v) is 16.7. The summed E-state index contributed by atoms with van der Waals surface area (Å²) in [6, 6.07) is 14.6. The van der Waals surface area contributed by atoms with Crippen LogP contribution in [0.15, 0.2) is 53.4 Å². The summed E-state index contributed by atoms with van der Waals surface area (Å²) in [7, 11) is -4.10. The van der Waals surface area contributed by atoms with E-state index >= 15 is 0 Å². The molecule has 244 valence electrons. The summed E-state index contributed by atoms with van der Waals surface area (Å²) in [4.78, 5) is 24.6. The van der Waals surface area contributed by atoms with Gasteiger partial charge in [-0.3, -0.25) is 5.41 Å². The van der Waals surface area contributed by atoms with Gasteiger partial charge in [0, 0.05) is 24.4 Å². The molecule has 1 heterocycles. The van der Waals surface area contributed by atoms with Gasteiger partial charge in [0.1, 0.15) is 24.0 Å². The molecule has 5 N–H and O–H groups in total. The second kappa shape index (κ2) is 12.7. The molecule has 0 radical (unpaired) electrons. The first-order chi connectivity index (χ1) is 21.7. The molecule has 12 heteroatoms. The Balaban J connectivity index is 1.12. The Morgan fingerprint density at radius 1 is 1.02 bits per heavy atom. The van der Waals surface area contributed by atoms with Crippen LogP contribution in [0.2, 0.25) is 0 Å². The van der Waals surface area contributed by atoms with Gasteiger partial charge in [-0.2, -0.15) is 0 Å². The largest absolute Gasteiger partial charge is 0.487 e. The molecule has 1 aliphatic heterocycles. The minimum absolute atomic E-state index is 0.0323. The highest BCUT2D eigenvalue weighted by Crippen LogP contribution is 2.45. The average Bonchev–Trinajstić information content (AvgIpc) is 3.50. The molecular formula is C34H40N4O7S. The second-order valence-corrected chi connectivity index (χ2v) is 14.1. The number of aliphatic carboxylic acids is 1. The minimum Gasteiger partial charge on any atom is -0.487 e. The molecule has 1 aliphatic carbocycles. The third-order valence-electron chi connectivity index (χ3n) is 8.70. The van der Waals surface area contributed by atoms with Crippen molar-refractivity contribution < 1.29 is 32.6 Å². The summed E-state index contributed by atoms with van der Waals surface area (Å²) < 4.78 is 40.6. The molecule has 2 aliphatic rings. The fourth-order valence-electron chi connectivity index (χ4n) is 6.43. The lowest BCUT2D eigenvalue weighted by molar-refractivity contribution is -0.139. The van der Waals surface area contributed by atoms with Crippen molar-refractivity contribution in [2.24, 2.45) is 0 Å². The third-order valence-corrected chi connectivity index (χ3v) is 10.3. The molecule has 0 aromatic heterocycles. The van der Waals surface area contributed by atoms with Gasteiger partial charge >= 0.3 is 12.1 Å². The van der Waals surface area contributed by atoms with Crippen LogP contribution in [0.3, 0.4) is 0 Å². The van der Waals surface area contributed by atoms with Gasteiger partial charge in [-0.05, 0) is 86.4 Å². The lowest BCUT2D eigenvalue weighted by atomic mass is 9.94. The summed E-state index contributed by atoms with van der Waals surface area (Å²) in [6.07, 6.45) is -0.00745. The molecule has 1 amide bonds. The van der Waals surface area contributed by atoms with Crippen LogP contribution in [-0.2, 0) is 26.0 Å². The Morgan fingerprint density at radius 2 is 1.63 bits per heavy atom. The van der Waals surface area contributed by atoms with E-state index < -0.39 is 39.7 Å². The highest BCUT2D eigenvalue weighted by molar-refractivity contribution is 7.90. The zero-order valence-corrected chi connectivity index (χ0v) is 27.4. The van der Waals surface area contributed by atoms with Crippen molar-refractivity contribution in [1.82, 2.24) is 15.4 Å². The molecule has 0 saturated heterocycles. The van der Waals surface area contributed by atoms with Crippen LogP contribution < -0.4 is 20.1 Å². The fraction of sp³-hybridized carbons (Fsp3) is 0.382. The number of carbonyl (C=O) groups is 2. The summed E-state index contributed by atoms with van der Waals surface area (Å²) in [5.41, 5.74) is 6.55. The topological polar surface area (TPSA) is 167 Å². The van der Waals surface area contributed by atoms with Crippen molar-refractivity contribution in [3.8, 4) is 16.9 Å². The molecule has 1 unspecified atom stereocenters. The van der Waals surface area contributed by atoms with E-state index in [4.69, 9.17) is 14.9 Å². The van der Waals surface area contributed by atoms with Crippen molar-refractivity contribution in [2.75, 3.05) is 13.2 Å². The number of amides is 1. The van der Waals surface area contributed by atoms with Gasteiger partial charge in [0.05, 0.1) is 4.90 Å². The number of carbonyl (C=O) groups excluding carboxylic acids is 1. The van der Waals surface area contributed by atoms with Crippen LogP contribution in [0, 0.1) is 26.2 Å². The standard InChI is InChI=1S/C34H40N4O7S/c1-19-20(2)30(21(3)26-17-34(4,5)45-29(19)26)46(42,43)38-32(35)36-16-10-15-28(31(39)40)37-33(41)44-18-27-24-13-8-6-11-22(24)23-12-7-9-14-25(23)27/h6-9,11-14,27-28H,10,15-18H2,1-5H3,(H,37,41)(H,39,40)(H3,35,36,38). The Hall–Kier alpha value is -4.58. The van der Waals surface area contributed by atoms with Crippen molar-refractivity contribution in [3.05, 3.63) is 81.9 Å². The van der Waals surface area contributed by atoms with E-state index in [-0.39, 0.29) is 36.8 Å². The molecule has 0 saturated carbocycles. The van der Waals surface area contributed by atoms with E-state index in [0.29, 0.717) is 23.3 Å². The first kappa shape index (κ1) is 32.8. The highest BCUT2D eigenvalue weighted by atomic mass is 32.2. The van der Waals surface area contributed by atoms with E-state index in [1.807, 2.05) is 69.3 Å². The van der Waals surface area contributed by atoms with Crippen LogP contribution in [0.25, 0.3) is 11.1 Å². The predicted octanol–water partition coefficient (Wildman–Crippen LogP) is 4.90. The Morgan fingerprint density at radius 3 is 2.24 bits per heavy atom. The number of benzene rings is 3. The minimum atomic E-state index is -4.10. The Kier molecular flexibility index (Phi) is 9.03. The Bertz CT molecular complexity index is 1770.